The summed E-state index contributed by atoms with van der Waals surface area (Å²) in [6.07, 6.45) is 4.46. The Morgan fingerprint density at radius 2 is 2.16 bits per heavy atom. The van der Waals surface area contributed by atoms with Crippen LogP contribution in [-0.4, -0.2) is 18.8 Å². The molecule has 1 aromatic rings. The largest absolute Gasteiger partial charge is 0.465 e. The average Bonchev–Trinajstić information content (AvgIpc) is 2.79. The van der Waals surface area contributed by atoms with Crippen molar-refractivity contribution < 1.29 is 9.53 Å². The molecule has 0 N–H and O–H groups in total. The van der Waals surface area contributed by atoms with Crippen LogP contribution in [0.25, 0.3) is 0 Å². The van der Waals surface area contributed by atoms with Gasteiger partial charge in [0.2, 0.25) is 0 Å². The van der Waals surface area contributed by atoms with Crippen molar-refractivity contribution in [3.05, 3.63) is 28.3 Å². The SMILES string of the molecule is COC(=O)c1cc(Cl)c2c(c1)CC(C1(C)CCC1)=N2. The van der Waals surface area contributed by atoms with Crippen LogP contribution in [0, 0.1) is 5.41 Å². The molecular weight excluding hydrogens is 262 g/mol. The number of carbonyl (C=O) groups excluding carboxylic acids is 1. The highest BCUT2D eigenvalue weighted by Gasteiger charge is 2.39. The first-order valence-corrected chi connectivity index (χ1v) is 6.90. The number of esters is 1. The van der Waals surface area contributed by atoms with Crippen molar-refractivity contribution in [3.63, 3.8) is 0 Å². The number of nitrogens with zero attached hydrogens (tertiary/aromatic N) is 1. The van der Waals surface area contributed by atoms with Crippen LogP contribution in [0.4, 0.5) is 5.69 Å². The summed E-state index contributed by atoms with van der Waals surface area (Å²) in [6, 6.07) is 3.49. The third-order valence-electron chi connectivity index (χ3n) is 4.32. The molecule has 1 heterocycles. The molecule has 3 rings (SSSR count). The second-order valence-electron chi connectivity index (χ2n) is 5.61. The van der Waals surface area contributed by atoms with Crippen molar-refractivity contribution in [2.24, 2.45) is 10.4 Å². The molecule has 1 fully saturated rings. The van der Waals surface area contributed by atoms with E-state index in [0.29, 0.717) is 10.6 Å². The van der Waals surface area contributed by atoms with E-state index in [0.717, 1.165) is 17.7 Å². The van der Waals surface area contributed by atoms with Crippen LogP contribution < -0.4 is 0 Å². The predicted octanol–water partition coefficient (Wildman–Crippen LogP) is 3.95. The van der Waals surface area contributed by atoms with Crippen molar-refractivity contribution in [1.29, 1.82) is 0 Å². The fourth-order valence-corrected chi connectivity index (χ4v) is 3.13. The molecule has 1 aliphatic carbocycles. The van der Waals surface area contributed by atoms with Crippen LogP contribution in [0.15, 0.2) is 17.1 Å². The Hall–Kier alpha value is -1.35. The van der Waals surface area contributed by atoms with Gasteiger partial charge in [0.05, 0.1) is 23.4 Å². The molecule has 1 saturated carbocycles. The van der Waals surface area contributed by atoms with Crippen LogP contribution in [-0.2, 0) is 11.2 Å². The predicted molar refractivity (Wildman–Crippen MR) is 75.5 cm³/mol. The maximum atomic E-state index is 11.6. The number of aliphatic imine (C=N–C) groups is 1. The van der Waals surface area contributed by atoms with Crippen LogP contribution in [0.5, 0.6) is 0 Å². The lowest BCUT2D eigenvalue weighted by Gasteiger charge is -2.38. The minimum absolute atomic E-state index is 0.230. The highest BCUT2D eigenvalue weighted by atomic mass is 35.5. The van der Waals surface area contributed by atoms with E-state index < -0.39 is 0 Å². The summed E-state index contributed by atoms with van der Waals surface area (Å²) in [5.41, 5.74) is 3.81. The van der Waals surface area contributed by atoms with Gasteiger partial charge in [-0.2, -0.15) is 0 Å². The third-order valence-corrected chi connectivity index (χ3v) is 4.61. The summed E-state index contributed by atoms with van der Waals surface area (Å²) in [5, 5.41) is 0.538. The molecule has 0 bridgehead atoms. The Kier molecular flexibility index (Phi) is 2.90. The van der Waals surface area contributed by atoms with Crippen LogP contribution in [0.3, 0.4) is 0 Å². The first-order chi connectivity index (χ1) is 9.03. The number of methoxy groups -OCH3 is 1. The number of hydrogen-bond acceptors (Lipinski definition) is 3. The standard InChI is InChI=1S/C15H16ClNO2/c1-15(4-3-5-15)12-8-9-6-10(14(18)19-2)7-11(16)13(9)17-12/h6-7H,3-5,8H2,1-2H3. The van der Waals surface area contributed by atoms with Gasteiger partial charge in [0.25, 0.3) is 0 Å². The van der Waals surface area contributed by atoms with E-state index in [1.165, 1.54) is 32.1 Å². The first kappa shape index (κ1) is 12.7. The van der Waals surface area contributed by atoms with Crippen molar-refractivity contribution in [3.8, 4) is 0 Å². The normalized spacial score (nSPS) is 19.4. The third kappa shape index (κ3) is 1.96. The first-order valence-electron chi connectivity index (χ1n) is 6.52. The molecule has 4 heteroatoms. The zero-order chi connectivity index (χ0) is 13.6. The van der Waals surface area contributed by atoms with Crippen molar-refractivity contribution in [2.75, 3.05) is 7.11 Å². The number of fused-ring (bicyclic) bond motifs is 1. The number of carbonyl (C=O) groups is 1. The second kappa shape index (κ2) is 4.34. The molecule has 19 heavy (non-hydrogen) atoms. The van der Waals surface area contributed by atoms with E-state index in [2.05, 4.69) is 6.92 Å². The average molecular weight is 278 g/mol. The van der Waals surface area contributed by atoms with Gasteiger partial charge in [0, 0.05) is 17.5 Å². The number of rotatable bonds is 2. The van der Waals surface area contributed by atoms with Gasteiger partial charge in [-0.3, -0.25) is 4.99 Å². The Bertz CT molecular complexity index is 588. The molecule has 0 radical (unpaired) electrons. The number of halogens is 1. The van der Waals surface area contributed by atoms with Crippen LogP contribution in [0.2, 0.25) is 5.02 Å². The minimum Gasteiger partial charge on any atom is -0.465 e. The smallest absolute Gasteiger partial charge is 0.337 e. The van der Waals surface area contributed by atoms with E-state index in [-0.39, 0.29) is 11.4 Å². The van der Waals surface area contributed by atoms with Crippen LogP contribution >= 0.6 is 11.6 Å². The maximum Gasteiger partial charge on any atom is 0.337 e. The number of hydrogen-bond donors (Lipinski definition) is 0. The van der Waals surface area contributed by atoms with E-state index in [1.54, 1.807) is 6.07 Å². The zero-order valence-electron chi connectivity index (χ0n) is 11.1. The summed E-state index contributed by atoms with van der Waals surface area (Å²) in [6.45, 7) is 2.26. The van der Waals surface area contributed by atoms with E-state index in [1.807, 2.05) is 6.07 Å². The molecule has 0 saturated heterocycles. The summed E-state index contributed by atoms with van der Waals surface area (Å²) in [5.74, 6) is -0.354. The second-order valence-corrected chi connectivity index (χ2v) is 6.01. The molecule has 0 spiro atoms. The van der Waals surface area contributed by atoms with Crippen LogP contribution in [0.1, 0.15) is 42.1 Å². The van der Waals surface area contributed by atoms with Gasteiger partial charge in [-0.1, -0.05) is 24.9 Å². The molecule has 1 aromatic carbocycles. The van der Waals surface area contributed by atoms with Crippen molar-refractivity contribution in [2.45, 2.75) is 32.6 Å². The molecule has 0 amide bonds. The molecule has 0 atom stereocenters. The highest BCUT2D eigenvalue weighted by Crippen LogP contribution is 2.47. The molecule has 1 aliphatic heterocycles. The Morgan fingerprint density at radius 3 is 2.74 bits per heavy atom. The Labute approximate surface area is 117 Å². The number of benzene rings is 1. The van der Waals surface area contributed by atoms with Crippen molar-refractivity contribution in [1.82, 2.24) is 0 Å². The zero-order valence-corrected chi connectivity index (χ0v) is 11.9. The fourth-order valence-electron chi connectivity index (χ4n) is 2.85. The lowest BCUT2D eigenvalue weighted by Crippen LogP contribution is -2.34. The number of ether oxygens (including phenoxy) is 1. The molecule has 2 aliphatic rings. The van der Waals surface area contributed by atoms with Gasteiger partial charge in [0.1, 0.15) is 0 Å². The van der Waals surface area contributed by atoms with Gasteiger partial charge in [-0.15, -0.1) is 0 Å². The highest BCUT2D eigenvalue weighted by molar-refractivity contribution is 6.34. The van der Waals surface area contributed by atoms with Gasteiger partial charge in [-0.05, 0) is 30.5 Å². The van der Waals surface area contributed by atoms with Gasteiger partial charge >= 0.3 is 5.97 Å². The van der Waals surface area contributed by atoms with Gasteiger partial charge in [0.15, 0.2) is 0 Å². The molecular formula is C15H16ClNO2. The Balaban J connectivity index is 1.96. The minimum atomic E-state index is -0.354. The molecule has 100 valence electrons. The van der Waals surface area contributed by atoms with Crippen molar-refractivity contribution >= 4 is 29.0 Å². The summed E-state index contributed by atoms with van der Waals surface area (Å²) in [4.78, 5) is 16.3. The summed E-state index contributed by atoms with van der Waals surface area (Å²) < 4.78 is 4.74. The van der Waals surface area contributed by atoms with E-state index in [9.17, 15) is 4.79 Å². The van der Waals surface area contributed by atoms with Gasteiger partial charge in [-0.25, -0.2) is 4.79 Å². The maximum absolute atomic E-state index is 11.6. The van der Waals surface area contributed by atoms with Gasteiger partial charge < -0.3 is 4.74 Å². The van der Waals surface area contributed by atoms with E-state index >= 15 is 0 Å². The summed E-state index contributed by atoms with van der Waals surface area (Å²) in [7, 11) is 1.38. The lowest BCUT2D eigenvalue weighted by atomic mass is 9.66. The molecule has 3 nitrogen and oxygen atoms in total. The monoisotopic (exact) mass is 277 g/mol. The quantitative estimate of drug-likeness (QED) is 0.768. The lowest BCUT2D eigenvalue weighted by molar-refractivity contribution is 0.0600. The van der Waals surface area contributed by atoms with E-state index in [4.69, 9.17) is 21.3 Å². The molecule has 0 unspecified atom stereocenters. The Morgan fingerprint density at radius 1 is 1.42 bits per heavy atom. The molecule has 0 aromatic heterocycles. The fraction of sp³-hybridized carbons (Fsp3) is 0.467. The summed E-state index contributed by atoms with van der Waals surface area (Å²) >= 11 is 6.24. The topological polar surface area (TPSA) is 38.7 Å².